The minimum atomic E-state index is 0.0117. The van der Waals surface area contributed by atoms with Crippen molar-refractivity contribution in [3.63, 3.8) is 0 Å². The van der Waals surface area contributed by atoms with E-state index in [1.165, 1.54) is 0 Å². The zero-order chi connectivity index (χ0) is 13.4. The van der Waals surface area contributed by atoms with Crippen LogP contribution in [-0.2, 0) is 4.74 Å². The molecular formula is C13H23N3O2. The van der Waals surface area contributed by atoms with Crippen molar-refractivity contribution < 1.29 is 9.47 Å². The van der Waals surface area contributed by atoms with E-state index in [9.17, 15) is 0 Å². The van der Waals surface area contributed by atoms with Crippen LogP contribution in [0.1, 0.15) is 38.3 Å². The van der Waals surface area contributed by atoms with Crippen molar-refractivity contribution in [3.8, 4) is 5.75 Å². The van der Waals surface area contributed by atoms with Crippen LogP contribution in [0.3, 0.4) is 0 Å². The molecule has 0 aliphatic carbocycles. The molecule has 0 amide bonds. The van der Waals surface area contributed by atoms with Gasteiger partial charge < -0.3 is 9.47 Å². The molecule has 0 aliphatic rings. The molecule has 5 nitrogen and oxygen atoms in total. The molecule has 1 aromatic rings. The van der Waals surface area contributed by atoms with Crippen molar-refractivity contribution >= 4 is 0 Å². The number of nitrogens with one attached hydrogen (secondary N) is 1. The molecule has 3 N–H and O–H groups in total. The Bertz CT molecular complexity index is 347. The highest BCUT2D eigenvalue weighted by Gasteiger charge is 2.14. The number of hydrogen-bond acceptors (Lipinski definition) is 5. The zero-order valence-corrected chi connectivity index (χ0v) is 11.3. The lowest BCUT2D eigenvalue weighted by Gasteiger charge is -2.20. The number of methoxy groups -OCH3 is 1. The third kappa shape index (κ3) is 4.60. The normalized spacial score (nSPS) is 14.2. The SMILES string of the molecule is CCCOc1cncc(C(CC(C)OC)NN)c1. The van der Waals surface area contributed by atoms with Gasteiger partial charge in [-0.2, -0.15) is 0 Å². The Balaban J connectivity index is 2.72. The third-order valence-electron chi connectivity index (χ3n) is 2.78. The van der Waals surface area contributed by atoms with Gasteiger partial charge in [0.15, 0.2) is 0 Å². The van der Waals surface area contributed by atoms with Crippen molar-refractivity contribution in [2.45, 2.75) is 38.8 Å². The first-order valence-electron chi connectivity index (χ1n) is 6.27. The van der Waals surface area contributed by atoms with Crippen LogP contribution in [0.15, 0.2) is 18.5 Å². The summed E-state index contributed by atoms with van der Waals surface area (Å²) in [5.41, 5.74) is 3.80. The number of ether oxygens (including phenoxy) is 2. The number of aromatic nitrogens is 1. The average Bonchev–Trinajstić information content (AvgIpc) is 2.42. The highest BCUT2D eigenvalue weighted by molar-refractivity contribution is 5.26. The van der Waals surface area contributed by atoms with E-state index < -0.39 is 0 Å². The molecule has 0 radical (unpaired) electrons. The van der Waals surface area contributed by atoms with Crippen molar-refractivity contribution in [2.75, 3.05) is 13.7 Å². The van der Waals surface area contributed by atoms with Crippen LogP contribution in [0.25, 0.3) is 0 Å². The summed E-state index contributed by atoms with van der Waals surface area (Å²) in [5, 5.41) is 0. The summed E-state index contributed by atoms with van der Waals surface area (Å²) in [6.45, 7) is 4.78. The highest BCUT2D eigenvalue weighted by Crippen LogP contribution is 2.21. The number of hydrogen-bond donors (Lipinski definition) is 2. The van der Waals surface area contributed by atoms with E-state index in [4.69, 9.17) is 15.3 Å². The van der Waals surface area contributed by atoms with Gasteiger partial charge in [0.1, 0.15) is 5.75 Å². The molecule has 1 rings (SSSR count). The number of hydrazine groups is 1. The number of nitrogens with zero attached hydrogens (tertiary/aromatic N) is 1. The van der Waals surface area contributed by atoms with Gasteiger partial charge in [-0.1, -0.05) is 6.92 Å². The third-order valence-corrected chi connectivity index (χ3v) is 2.78. The highest BCUT2D eigenvalue weighted by atomic mass is 16.5. The molecular weight excluding hydrogens is 230 g/mol. The molecule has 0 bridgehead atoms. The Morgan fingerprint density at radius 1 is 1.44 bits per heavy atom. The summed E-state index contributed by atoms with van der Waals surface area (Å²) in [5.74, 6) is 6.36. The molecule has 0 spiro atoms. The number of rotatable bonds is 8. The van der Waals surface area contributed by atoms with E-state index in [-0.39, 0.29) is 12.1 Å². The van der Waals surface area contributed by atoms with Crippen LogP contribution in [0.4, 0.5) is 0 Å². The Morgan fingerprint density at radius 3 is 2.83 bits per heavy atom. The molecule has 2 atom stereocenters. The molecule has 0 aromatic carbocycles. The van der Waals surface area contributed by atoms with E-state index in [1.807, 2.05) is 13.0 Å². The molecule has 102 valence electrons. The van der Waals surface area contributed by atoms with Gasteiger partial charge in [-0.05, 0) is 31.4 Å². The standard InChI is InChI=1S/C13H23N3O2/c1-4-5-18-12-7-11(8-15-9-12)13(16-14)6-10(2)17-3/h7-10,13,16H,4-6,14H2,1-3H3. The Labute approximate surface area is 109 Å². The maximum Gasteiger partial charge on any atom is 0.137 e. The maximum atomic E-state index is 5.58. The summed E-state index contributed by atoms with van der Waals surface area (Å²) in [7, 11) is 1.69. The summed E-state index contributed by atoms with van der Waals surface area (Å²) in [6, 6.07) is 1.98. The van der Waals surface area contributed by atoms with Crippen LogP contribution in [0, 0.1) is 0 Å². The predicted molar refractivity (Wildman–Crippen MR) is 71.2 cm³/mol. The first-order chi connectivity index (χ1) is 8.71. The molecule has 0 saturated carbocycles. The van der Waals surface area contributed by atoms with Crippen molar-refractivity contribution in [3.05, 3.63) is 24.0 Å². The van der Waals surface area contributed by atoms with Gasteiger partial charge in [-0.3, -0.25) is 16.3 Å². The predicted octanol–water partition coefficient (Wildman–Crippen LogP) is 1.80. The molecule has 0 saturated heterocycles. The minimum Gasteiger partial charge on any atom is -0.492 e. The smallest absolute Gasteiger partial charge is 0.137 e. The quantitative estimate of drug-likeness (QED) is 0.546. The molecule has 0 fully saturated rings. The Kier molecular flexibility index (Phi) is 6.64. The lowest BCUT2D eigenvalue weighted by molar-refractivity contribution is 0.100. The summed E-state index contributed by atoms with van der Waals surface area (Å²) in [4.78, 5) is 4.18. The number of nitrogens with two attached hydrogens (primary N) is 1. The van der Waals surface area contributed by atoms with E-state index in [0.29, 0.717) is 6.61 Å². The Morgan fingerprint density at radius 2 is 2.22 bits per heavy atom. The van der Waals surface area contributed by atoms with Crippen LogP contribution >= 0.6 is 0 Å². The zero-order valence-electron chi connectivity index (χ0n) is 11.3. The minimum absolute atomic E-state index is 0.0117. The van der Waals surface area contributed by atoms with Crippen LogP contribution in [0.5, 0.6) is 5.75 Å². The second kappa shape index (κ2) is 8.02. The summed E-state index contributed by atoms with van der Waals surface area (Å²) < 4.78 is 10.8. The monoisotopic (exact) mass is 253 g/mol. The average molecular weight is 253 g/mol. The maximum absolute atomic E-state index is 5.58. The van der Waals surface area contributed by atoms with Gasteiger partial charge in [0.2, 0.25) is 0 Å². The van der Waals surface area contributed by atoms with Crippen LogP contribution in [-0.4, -0.2) is 24.8 Å². The van der Waals surface area contributed by atoms with E-state index in [2.05, 4.69) is 17.3 Å². The van der Waals surface area contributed by atoms with Gasteiger partial charge in [-0.25, -0.2) is 0 Å². The first kappa shape index (κ1) is 14.9. The van der Waals surface area contributed by atoms with Crippen LogP contribution in [0.2, 0.25) is 0 Å². The van der Waals surface area contributed by atoms with E-state index in [0.717, 1.165) is 24.2 Å². The molecule has 18 heavy (non-hydrogen) atoms. The van der Waals surface area contributed by atoms with Gasteiger partial charge in [0, 0.05) is 13.3 Å². The van der Waals surface area contributed by atoms with Gasteiger partial charge in [-0.15, -0.1) is 0 Å². The summed E-state index contributed by atoms with van der Waals surface area (Å²) in [6.07, 6.45) is 5.40. The lowest BCUT2D eigenvalue weighted by atomic mass is 10.0. The first-order valence-corrected chi connectivity index (χ1v) is 6.27. The molecule has 2 unspecified atom stereocenters. The van der Waals surface area contributed by atoms with Gasteiger partial charge >= 0.3 is 0 Å². The largest absolute Gasteiger partial charge is 0.492 e. The van der Waals surface area contributed by atoms with Gasteiger partial charge in [0.25, 0.3) is 0 Å². The van der Waals surface area contributed by atoms with Crippen LogP contribution < -0.4 is 16.0 Å². The Hall–Kier alpha value is -1.17. The second-order valence-corrected chi connectivity index (χ2v) is 4.30. The molecule has 1 aromatic heterocycles. The molecule has 5 heteroatoms. The molecule has 0 aliphatic heterocycles. The fourth-order valence-electron chi connectivity index (χ4n) is 1.65. The van der Waals surface area contributed by atoms with Crippen molar-refractivity contribution in [1.29, 1.82) is 0 Å². The van der Waals surface area contributed by atoms with E-state index in [1.54, 1.807) is 19.5 Å². The van der Waals surface area contributed by atoms with E-state index >= 15 is 0 Å². The topological polar surface area (TPSA) is 69.4 Å². The summed E-state index contributed by atoms with van der Waals surface area (Å²) >= 11 is 0. The fraction of sp³-hybridized carbons (Fsp3) is 0.615. The van der Waals surface area contributed by atoms with Gasteiger partial charge in [0.05, 0.1) is 24.9 Å². The second-order valence-electron chi connectivity index (χ2n) is 4.30. The molecule has 1 heterocycles. The van der Waals surface area contributed by atoms with Crippen molar-refractivity contribution in [2.24, 2.45) is 5.84 Å². The number of pyridine rings is 1. The van der Waals surface area contributed by atoms with Crippen molar-refractivity contribution in [1.82, 2.24) is 10.4 Å². The lowest BCUT2D eigenvalue weighted by Crippen LogP contribution is -2.30. The fourth-order valence-corrected chi connectivity index (χ4v) is 1.65.